The molecule has 3 rings (SSSR count). The fourth-order valence-electron chi connectivity index (χ4n) is 3.07. The number of hydrogen-bond donors (Lipinski definition) is 5. The predicted octanol–water partition coefficient (Wildman–Crippen LogP) is 1.89. The smallest absolute Gasteiger partial charge is 0.154 e. The zero-order valence-electron chi connectivity index (χ0n) is 14.7. The summed E-state index contributed by atoms with van der Waals surface area (Å²) in [5.41, 5.74) is 7.72. The molecule has 0 bridgehead atoms. The number of nitrogens with zero attached hydrogens (tertiary/aromatic N) is 2. The summed E-state index contributed by atoms with van der Waals surface area (Å²) in [7, 11) is 1.50. The lowest BCUT2D eigenvalue weighted by molar-refractivity contribution is -0.0228. The van der Waals surface area contributed by atoms with E-state index in [9.17, 15) is 0 Å². The van der Waals surface area contributed by atoms with Crippen molar-refractivity contribution in [1.82, 2.24) is 14.5 Å². The van der Waals surface area contributed by atoms with Crippen LogP contribution in [0.3, 0.4) is 0 Å². The Balaban J connectivity index is 0.000000730. The number of nitrogens with two attached hydrogens (primary N) is 1. The SMILES string of the molecule is C=C([C@@H]1CCC[C@@H]1C)n1c(=N)cnc2[nH]ccc21.CC(O)O.CN.[HH]. The maximum absolute atomic E-state index is 8.08. The Hall–Kier alpha value is -1.96. The van der Waals surface area contributed by atoms with Crippen molar-refractivity contribution in [3.63, 3.8) is 0 Å². The maximum Gasteiger partial charge on any atom is 0.154 e. The van der Waals surface area contributed by atoms with Crippen molar-refractivity contribution < 1.29 is 11.6 Å². The lowest BCUT2D eigenvalue weighted by atomic mass is 9.95. The summed E-state index contributed by atoms with van der Waals surface area (Å²) in [5.74, 6) is 1.14. The Bertz CT molecular complexity index is 708. The lowest BCUT2D eigenvalue weighted by Gasteiger charge is -2.21. The van der Waals surface area contributed by atoms with Crippen LogP contribution in [0.5, 0.6) is 0 Å². The van der Waals surface area contributed by atoms with Crippen LogP contribution < -0.4 is 11.2 Å². The number of aliphatic hydroxyl groups is 2. The highest BCUT2D eigenvalue weighted by molar-refractivity contribution is 5.75. The van der Waals surface area contributed by atoms with E-state index in [1.165, 1.54) is 33.2 Å². The molecule has 0 aromatic carbocycles. The van der Waals surface area contributed by atoms with Gasteiger partial charge in [-0.2, -0.15) is 0 Å². The third kappa shape index (κ3) is 4.77. The fourth-order valence-corrected chi connectivity index (χ4v) is 3.07. The third-order valence-corrected chi connectivity index (χ3v) is 4.08. The highest BCUT2D eigenvalue weighted by atomic mass is 16.5. The van der Waals surface area contributed by atoms with E-state index in [0.29, 0.717) is 17.3 Å². The normalized spacial score (nSPS) is 19.5. The van der Waals surface area contributed by atoms with E-state index in [4.69, 9.17) is 15.6 Å². The molecule has 0 radical (unpaired) electrons. The number of fused-ring (bicyclic) bond motifs is 1. The molecule has 2 aromatic rings. The average Bonchev–Trinajstić information content (AvgIpc) is 3.16. The van der Waals surface area contributed by atoms with Crippen LogP contribution in [0, 0.1) is 17.2 Å². The van der Waals surface area contributed by atoms with Gasteiger partial charge in [-0.05, 0) is 32.4 Å². The summed E-state index contributed by atoms with van der Waals surface area (Å²) < 4.78 is 1.94. The van der Waals surface area contributed by atoms with Gasteiger partial charge in [-0.15, -0.1) is 0 Å². The van der Waals surface area contributed by atoms with Crippen LogP contribution in [0.4, 0.5) is 0 Å². The van der Waals surface area contributed by atoms with E-state index in [2.05, 4.69) is 29.2 Å². The van der Waals surface area contributed by atoms with Crippen LogP contribution in [0.25, 0.3) is 16.9 Å². The van der Waals surface area contributed by atoms with Crippen LogP contribution in [0.2, 0.25) is 0 Å². The van der Waals surface area contributed by atoms with E-state index in [0.717, 1.165) is 16.9 Å². The number of hydrogen-bond acceptors (Lipinski definition) is 5. The predicted molar refractivity (Wildman–Crippen MR) is 97.9 cm³/mol. The summed E-state index contributed by atoms with van der Waals surface area (Å²) >= 11 is 0. The molecule has 24 heavy (non-hydrogen) atoms. The molecular weight excluding hydrogens is 306 g/mol. The molecule has 1 fully saturated rings. The van der Waals surface area contributed by atoms with Crippen molar-refractivity contribution in [3.8, 4) is 0 Å². The van der Waals surface area contributed by atoms with Gasteiger partial charge in [0.05, 0.1) is 11.7 Å². The summed E-state index contributed by atoms with van der Waals surface area (Å²) in [6.45, 7) is 7.81. The third-order valence-electron chi connectivity index (χ3n) is 4.08. The standard InChI is InChI=1S/C14H18N4.C2H6O2.CH5N.H2/c1-9-4-3-5-11(9)10(2)18-12-6-7-16-14(12)17-8-13(18)15;1-2(3)4;1-2;/h6-9,11,15-16H,2-5H2,1H3;2-4H,1H3;2H2,1H3;1H/t9-,11+;;;/m0.../s1. The van der Waals surface area contributed by atoms with Crippen molar-refractivity contribution >= 4 is 16.9 Å². The highest BCUT2D eigenvalue weighted by Crippen LogP contribution is 2.37. The monoisotopic (exact) mass is 337 g/mol. The summed E-state index contributed by atoms with van der Waals surface area (Å²) in [5, 5.41) is 23.3. The molecule has 0 unspecified atom stereocenters. The van der Waals surface area contributed by atoms with Crippen LogP contribution in [-0.2, 0) is 0 Å². The molecule has 7 nitrogen and oxygen atoms in total. The van der Waals surface area contributed by atoms with Crippen molar-refractivity contribution in [2.24, 2.45) is 17.6 Å². The number of aromatic amines is 1. The Morgan fingerprint density at radius 1 is 1.50 bits per heavy atom. The van der Waals surface area contributed by atoms with Gasteiger partial charge in [-0.1, -0.05) is 26.3 Å². The van der Waals surface area contributed by atoms with Gasteiger partial charge in [-0.25, -0.2) is 4.98 Å². The van der Waals surface area contributed by atoms with Gasteiger partial charge in [0, 0.05) is 19.2 Å². The van der Waals surface area contributed by atoms with Gasteiger partial charge in [0.25, 0.3) is 0 Å². The molecule has 0 aliphatic heterocycles. The van der Waals surface area contributed by atoms with E-state index in [-0.39, 0.29) is 1.43 Å². The topological polar surface area (TPSA) is 124 Å². The minimum absolute atomic E-state index is 0. The van der Waals surface area contributed by atoms with E-state index < -0.39 is 6.29 Å². The van der Waals surface area contributed by atoms with Crippen molar-refractivity contribution in [2.75, 3.05) is 7.05 Å². The van der Waals surface area contributed by atoms with Crippen molar-refractivity contribution in [2.45, 2.75) is 39.4 Å². The van der Waals surface area contributed by atoms with Crippen LogP contribution in [0.15, 0.2) is 25.0 Å². The van der Waals surface area contributed by atoms with Crippen LogP contribution in [-0.4, -0.2) is 38.1 Å². The second kappa shape index (κ2) is 9.36. The molecule has 1 aliphatic rings. The van der Waals surface area contributed by atoms with Crippen LogP contribution >= 0.6 is 0 Å². The van der Waals surface area contributed by atoms with Gasteiger partial charge in [-0.3, -0.25) is 9.98 Å². The summed E-state index contributed by atoms with van der Waals surface area (Å²) in [6.07, 6.45) is 5.99. The number of H-pyrrole nitrogens is 1. The summed E-state index contributed by atoms with van der Waals surface area (Å²) in [6, 6.07) is 1.96. The number of rotatable bonds is 2. The Labute approximate surface area is 143 Å². The largest absolute Gasteiger partial charge is 0.368 e. The first-order valence-electron chi connectivity index (χ1n) is 8.14. The average molecular weight is 337 g/mol. The van der Waals surface area contributed by atoms with E-state index in [1.54, 1.807) is 6.20 Å². The maximum atomic E-state index is 8.08. The minimum atomic E-state index is -1.17. The second-order valence-corrected chi connectivity index (χ2v) is 5.83. The first kappa shape index (κ1) is 20.1. The lowest BCUT2D eigenvalue weighted by Crippen LogP contribution is -2.23. The summed E-state index contributed by atoms with van der Waals surface area (Å²) in [4.78, 5) is 7.31. The number of aliphatic hydroxyl groups excluding tert-OH is 1. The zero-order valence-corrected chi connectivity index (χ0v) is 14.7. The number of nitrogens with one attached hydrogen (secondary N) is 2. The minimum Gasteiger partial charge on any atom is -0.368 e. The highest BCUT2D eigenvalue weighted by Gasteiger charge is 2.27. The van der Waals surface area contributed by atoms with Crippen molar-refractivity contribution in [3.05, 3.63) is 30.5 Å². The zero-order chi connectivity index (χ0) is 18.3. The second-order valence-electron chi connectivity index (χ2n) is 5.83. The quantitative estimate of drug-likeness (QED) is 0.537. The molecule has 136 valence electrons. The number of aromatic nitrogens is 3. The molecule has 1 saturated carbocycles. The van der Waals surface area contributed by atoms with Crippen molar-refractivity contribution in [1.29, 1.82) is 5.41 Å². The van der Waals surface area contributed by atoms with Crippen LogP contribution in [0.1, 0.15) is 34.5 Å². The Morgan fingerprint density at radius 3 is 2.67 bits per heavy atom. The van der Waals surface area contributed by atoms with Gasteiger partial charge < -0.3 is 20.9 Å². The molecule has 7 heteroatoms. The van der Waals surface area contributed by atoms with E-state index in [1.807, 2.05) is 16.8 Å². The fraction of sp³-hybridized carbons (Fsp3) is 0.529. The molecule has 0 saturated heterocycles. The number of allylic oxidation sites excluding steroid dienone is 1. The van der Waals surface area contributed by atoms with Gasteiger partial charge in [0.15, 0.2) is 5.65 Å². The molecule has 2 aromatic heterocycles. The molecule has 6 N–H and O–H groups in total. The molecule has 2 heterocycles. The molecule has 0 spiro atoms. The van der Waals surface area contributed by atoms with E-state index >= 15 is 0 Å². The molecule has 0 amide bonds. The molecule has 2 atom stereocenters. The van der Waals surface area contributed by atoms with Gasteiger partial charge in [0.1, 0.15) is 11.8 Å². The van der Waals surface area contributed by atoms with Gasteiger partial charge >= 0.3 is 0 Å². The first-order valence-corrected chi connectivity index (χ1v) is 8.14. The Kier molecular flexibility index (Phi) is 7.84. The van der Waals surface area contributed by atoms with Gasteiger partial charge in [0.2, 0.25) is 0 Å². The molecule has 1 aliphatic carbocycles. The Morgan fingerprint density at radius 2 is 2.12 bits per heavy atom. The molecular formula is C17H31N5O2. The first-order chi connectivity index (χ1) is 11.4.